The largest absolute Gasteiger partial charge is 0.497 e. The maximum atomic E-state index is 13.8. The average molecular weight is 477 g/mol. The van der Waals surface area contributed by atoms with Gasteiger partial charge in [0.1, 0.15) is 11.8 Å². The van der Waals surface area contributed by atoms with Gasteiger partial charge in [0.15, 0.2) is 0 Å². The monoisotopic (exact) mass is 476 g/mol. The number of aryl methyl sites for hydroxylation is 1. The van der Waals surface area contributed by atoms with Crippen LogP contribution in [0.5, 0.6) is 5.75 Å². The molecule has 1 heterocycles. The molecule has 1 atom stereocenters. The lowest BCUT2D eigenvalue weighted by atomic mass is 9.97. The number of benzene rings is 2. The summed E-state index contributed by atoms with van der Waals surface area (Å²) in [6.45, 7) is 2.32. The second kappa shape index (κ2) is 11.3. The third-order valence-corrected chi connectivity index (χ3v) is 7.33. The van der Waals surface area contributed by atoms with Crippen LogP contribution in [0.25, 0.3) is 0 Å². The average Bonchev–Trinajstić information content (AvgIpc) is 3.54. The first-order chi connectivity index (χ1) is 16.5. The lowest BCUT2D eigenvalue weighted by Crippen LogP contribution is -2.46. The van der Waals surface area contributed by atoms with Crippen molar-refractivity contribution in [1.82, 2.24) is 10.2 Å². The Balaban J connectivity index is 1.72. The molecule has 0 aliphatic heterocycles. The van der Waals surface area contributed by atoms with Crippen molar-refractivity contribution in [2.24, 2.45) is 0 Å². The van der Waals surface area contributed by atoms with E-state index in [1.54, 1.807) is 23.3 Å². The lowest BCUT2D eigenvalue weighted by molar-refractivity contribution is -0.141. The van der Waals surface area contributed by atoms with Gasteiger partial charge in [0.25, 0.3) is 0 Å². The Kier molecular flexibility index (Phi) is 8.01. The van der Waals surface area contributed by atoms with Gasteiger partial charge >= 0.3 is 0 Å². The summed E-state index contributed by atoms with van der Waals surface area (Å²) in [4.78, 5) is 30.3. The van der Waals surface area contributed by atoms with Crippen LogP contribution in [0.1, 0.15) is 53.3 Å². The first-order valence-corrected chi connectivity index (χ1v) is 12.7. The summed E-state index contributed by atoms with van der Waals surface area (Å²) in [5.41, 5.74) is 2.78. The minimum atomic E-state index is -0.708. The van der Waals surface area contributed by atoms with Crippen LogP contribution < -0.4 is 10.1 Å². The van der Waals surface area contributed by atoms with E-state index in [-0.39, 0.29) is 24.3 Å². The molecule has 0 bridgehead atoms. The van der Waals surface area contributed by atoms with E-state index >= 15 is 0 Å². The molecule has 178 valence electrons. The fourth-order valence-electron chi connectivity index (χ4n) is 4.65. The van der Waals surface area contributed by atoms with Crippen LogP contribution in [0.15, 0.2) is 66.0 Å². The second-order valence-electron chi connectivity index (χ2n) is 8.88. The van der Waals surface area contributed by atoms with E-state index in [0.29, 0.717) is 6.54 Å². The molecule has 4 rings (SSSR count). The van der Waals surface area contributed by atoms with Crippen molar-refractivity contribution in [2.75, 3.05) is 7.11 Å². The first kappa shape index (κ1) is 24.0. The van der Waals surface area contributed by atoms with Gasteiger partial charge in [-0.3, -0.25) is 9.59 Å². The third-order valence-electron chi connectivity index (χ3n) is 6.46. The molecule has 34 heavy (non-hydrogen) atoms. The van der Waals surface area contributed by atoms with Crippen LogP contribution in [-0.4, -0.2) is 29.9 Å². The summed E-state index contributed by atoms with van der Waals surface area (Å²) in [6.07, 6.45) is 4.51. The fourth-order valence-corrected chi connectivity index (χ4v) is 5.35. The van der Waals surface area contributed by atoms with Gasteiger partial charge in [-0.25, -0.2) is 0 Å². The van der Waals surface area contributed by atoms with Crippen molar-refractivity contribution in [2.45, 2.75) is 57.7 Å². The van der Waals surface area contributed by atoms with E-state index in [0.717, 1.165) is 53.0 Å². The van der Waals surface area contributed by atoms with Crippen molar-refractivity contribution in [1.29, 1.82) is 0 Å². The molecule has 2 aromatic carbocycles. The molecule has 1 fully saturated rings. The molecule has 0 unspecified atom stereocenters. The molecule has 1 saturated carbocycles. The van der Waals surface area contributed by atoms with E-state index in [2.05, 4.69) is 5.32 Å². The zero-order valence-electron chi connectivity index (χ0n) is 19.8. The molecule has 1 aliphatic carbocycles. The number of amides is 2. The van der Waals surface area contributed by atoms with E-state index < -0.39 is 6.04 Å². The summed E-state index contributed by atoms with van der Waals surface area (Å²) in [6, 6.07) is 18.9. The van der Waals surface area contributed by atoms with Gasteiger partial charge < -0.3 is 15.0 Å². The Labute approximate surface area is 205 Å². The van der Waals surface area contributed by atoms with Gasteiger partial charge in [-0.05, 0) is 60.0 Å². The summed E-state index contributed by atoms with van der Waals surface area (Å²) in [7, 11) is 1.63. The molecule has 1 aliphatic rings. The third kappa shape index (κ3) is 5.86. The topological polar surface area (TPSA) is 58.6 Å². The molecule has 5 nitrogen and oxygen atoms in total. The molecule has 0 radical (unpaired) electrons. The lowest BCUT2D eigenvalue weighted by Gasteiger charge is -2.33. The SMILES string of the molecule is COc1cccc(CN(C(=O)Cc2cccs2)[C@H](C(=O)NC2CCCC2)c2ccccc2C)c1. The van der Waals surface area contributed by atoms with Crippen molar-refractivity contribution in [3.63, 3.8) is 0 Å². The molecule has 3 aromatic rings. The zero-order chi connectivity index (χ0) is 23.9. The number of hydrogen-bond acceptors (Lipinski definition) is 4. The van der Waals surface area contributed by atoms with Gasteiger partial charge in [-0.1, -0.05) is 55.3 Å². The molecule has 6 heteroatoms. The number of hydrogen-bond donors (Lipinski definition) is 1. The molecular weight excluding hydrogens is 444 g/mol. The van der Waals surface area contributed by atoms with Gasteiger partial charge in [0, 0.05) is 17.5 Å². The summed E-state index contributed by atoms with van der Waals surface area (Å²) < 4.78 is 5.40. The number of carbonyl (C=O) groups excluding carboxylic acids is 2. The van der Waals surface area contributed by atoms with Crippen LogP contribution in [-0.2, 0) is 22.6 Å². The number of ether oxygens (including phenoxy) is 1. The standard InChI is InChI=1S/C28H32N2O3S/c1-20-9-3-6-15-25(20)27(28(32)29-22-11-4-5-12-22)30(26(31)18-24-14-8-16-34-24)19-21-10-7-13-23(17-21)33-2/h3,6-10,13-17,22,27H,4-5,11-12,18-19H2,1-2H3,(H,29,32)/t27-/m0/s1. The van der Waals surface area contributed by atoms with E-state index in [1.165, 1.54) is 0 Å². The number of rotatable bonds is 9. The highest BCUT2D eigenvalue weighted by atomic mass is 32.1. The highest BCUT2D eigenvalue weighted by Gasteiger charge is 2.34. The maximum absolute atomic E-state index is 13.8. The predicted molar refractivity (Wildman–Crippen MR) is 136 cm³/mol. The highest BCUT2D eigenvalue weighted by Crippen LogP contribution is 2.29. The van der Waals surface area contributed by atoms with Crippen LogP contribution in [0, 0.1) is 6.92 Å². The highest BCUT2D eigenvalue weighted by molar-refractivity contribution is 7.10. The van der Waals surface area contributed by atoms with Gasteiger partial charge in [0.2, 0.25) is 11.8 Å². The number of nitrogens with one attached hydrogen (secondary N) is 1. The number of methoxy groups -OCH3 is 1. The Morgan fingerprint density at radius 1 is 1.09 bits per heavy atom. The molecule has 1 N–H and O–H groups in total. The maximum Gasteiger partial charge on any atom is 0.247 e. The zero-order valence-corrected chi connectivity index (χ0v) is 20.6. The van der Waals surface area contributed by atoms with Crippen molar-refractivity contribution in [3.8, 4) is 5.75 Å². The van der Waals surface area contributed by atoms with E-state index in [1.807, 2.05) is 73.0 Å². The number of carbonyl (C=O) groups is 2. The van der Waals surface area contributed by atoms with Crippen LogP contribution in [0.2, 0.25) is 0 Å². The van der Waals surface area contributed by atoms with E-state index in [4.69, 9.17) is 4.74 Å². The van der Waals surface area contributed by atoms with Crippen molar-refractivity contribution >= 4 is 23.2 Å². The Morgan fingerprint density at radius 2 is 1.88 bits per heavy atom. The number of thiophene rings is 1. The summed E-state index contributed by atoms with van der Waals surface area (Å²) in [5, 5.41) is 5.23. The fraction of sp³-hybridized carbons (Fsp3) is 0.357. The first-order valence-electron chi connectivity index (χ1n) is 11.9. The van der Waals surface area contributed by atoms with Gasteiger partial charge in [-0.15, -0.1) is 11.3 Å². The Hall–Kier alpha value is -3.12. The smallest absolute Gasteiger partial charge is 0.247 e. The second-order valence-corrected chi connectivity index (χ2v) is 9.91. The Morgan fingerprint density at radius 3 is 2.59 bits per heavy atom. The molecule has 0 saturated heterocycles. The summed E-state index contributed by atoms with van der Waals surface area (Å²) in [5.74, 6) is 0.551. The Bertz CT molecular complexity index is 1110. The number of nitrogens with zero attached hydrogens (tertiary/aromatic N) is 1. The predicted octanol–water partition coefficient (Wildman–Crippen LogP) is 5.44. The van der Waals surface area contributed by atoms with Gasteiger partial charge in [0.05, 0.1) is 13.5 Å². The van der Waals surface area contributed by atoms with Crippen LogP contribution in [0.3, 0.4) is 0 Å². The molecule has 2 amide bonds. The van der Waals surface area contributed by atoms with E-state index in [9.17, 15) is 9.59 Å². The summed E-state index contributed by atoms with van der Waals surface area (Å²) >= 11 is 1.56. The minimum Gasteiger partial charge on any atom is -0.497 e. The molecule has 0 spiro atoms. The van der Waals surface area contributed by atoms with Crippen LogP contribution in [0.4, 0.5) is 0 Å². The van der Waals surface area contributed by atoms with Crippen molar-refractivity contribution < 1.29 is 14.3 Å². The molecule has 1 aromatic heterocycles. The van der Waals surface area contributed by atoms with Crippen LogP contribution >= 0.6 is 11.3 Å². The van der Waals surface area contributed by atoms with Gasteiger partial charge in [-0.2, -0.15) is 0 Å². The molecular formula is C28H32N2O3S. The van der Waals surface area contributed by atoms with Crippen molar-refractivity contribution in [3.05, 3.63) is 87.6 Å². The minimum absolute atomic E-state index is 0.0694. The quantitative estimate of drug-likeness (QED) is 0.448. The normalized spacial score (nSPS) is 14.5.